The number of aromatic nitrogens is 2. The monoisotopic (exact) mass is 325 g/mol. The van der Waals surface area contributed by atoms with Gasteiger partial charge in [0.1, 0.15) is 11.3 Å². The molecule has 7 heteroatoms. The number of H-pyrrole nitrogens is 1. The molecule has 0 aromatic carbocycles. The lowest BCUT2D eigenvalue weighted by atomic mass is 9.93. The standard InChI is InChI=1S/C17H19N5O2/c23-14-6-2-1-5-12(14)20-17-21-13(16(24)22-17)8-10-9-19-15-11(10)4-3-7-18-15/h3-4,7-9,12,14,23H,1-2,5-6H2,(H,18,19)(H2,20,21,22,24)/b13-8-/t12?,14-/m0/s1. The fourth-order valence-corrected chi connectivity index (χ4v) is 3.24. The number of aromatic amines is 1. The molecule has 124 valence electrons. The van der Waals surface area contributed by atoms with Crippen molar-refractivity contribution in [2.75, 3.05) is 0 Å². The van der Waals surface area contributed by atoms with E-state index in [4.69, 9.17) is 0 Å². The average Bonchev–Trinajstić information content (AvgIpc) is 3.14. The zero-order chi connectivity index (χ0) is 16.5. The molecule has 0 bridgehead atoms. The van der Waals surface area contributed by atoms with Gasteiger partial charge in [-0.05, 0) is 31.1 Å². The maximum absolute atomic E-state index is 12.1. The van der Waals surface area contributed by atoms with Gasteiger partial charge in [-0.3, -0.25) is 10.1 Å². The number of nitrogens with zero attached hydrogens (tertiary/aromatic N) is 2. The Hall–Kier alpha value is -2.67. The van der Waals surface area contributed by atoms with Crippen LogP contribution in [0, 0.1) is 0 Å². The number of guanidine groups is 1. The second-order valence-electron chi connectivity index (χ2n) is 6.19. The van der Waals surface area contributed by atoms with E-state index < -0.39 is 6.10 Å². The quantitative estimate of drug-likeness (QED) is 0.625. The van der Waals surface area contributed by atoms with E-state index in [0.29, 0.717) is 11.7 Å². The third-order valence-corrected chi connectivity index (χ3v) is 4.52. The third kappa shape index (κ3) is 2.78. The predicted octanol–water partition coefficient (Wildman–Crippen LogP) is 1.28. The Bertz CT molecular complexity index is 838. The fourth-order valence-electron chi connectivity index (χ4n) is 3.24. The first-order valence-corrected chi connectivity index (χ1v) is 8.19. The molecule has 4 N–H and O–H groups in total. The maximum atomic E-state index is 12.1. The lowest BCUT2D eigenvalue weighted by Gasteiger charge is -2.28. The lowest BCUT2D eigenvalue weighted by molar-refractivity contribution is -0.115. The van der Waals surface area contributed by atoms with Crippen LogP contribution in [0.15, 0.2) is 35.2 Å². The Morgan fingerprint density at radius 1 is 1.33 bits per heavy atom. The number of carbonyl (C=O) groups excluding carboxylic acids is 1. The van der Waals surface area contributed by atoms with Gasteiger partial charge in [0.25, 0.3) is 5.91 Å². The smallest absolute Gasteiger partial charge is 0.276 e. The highest BCUT2D eigenvalue weighted by molar-refractivity contribution is 6.14. The lowest BCUT2D eigenvalue weighted by Crippen LogP contribution is -2.49. The molecule has 2 aliphatic rings. The fraction of sp³-hybridized carbons (Fsp3) is 0.353. The van der Waals surface area contributed by atoms with Crippen LogP contribution in [-0.4, -0.2) is 39.1 Å². The van der Waals surface area contributed by atoms with Gasteiger partial charge in [0, 0.05) is 23.3 Å². The van der Waals surface area contributed by atoms with Gasteiger partial charge in [0.2, 0.25) is 5.96 Å². The molecule has 1 saturated carbocycles. The van der Waals surface area contributed by atoms with E-state index in [9.17, 15) is 9.90 Å². The maximum Gasteiger partial charge on any atom is 0.276 e. The number of amides is 1. The van der Waals surface area contributed by atoms with Crippen LogP contribution >= 0.6 is 0 Å². The number of aliphatic hydroxyl groups is 1. The molecule has 7 nitrogen and oxygen atoms in total. The van der Waals surface area contributed by atoms with Crippen molar-refractivity contribution in [3.05, 3.63) is 35.8 Å². The minimum Gasteiger partial charge on any atom is -0.391 e. The van der Waals surface area contributed by atoms with Crippen LogP contribution in [0.25, 0.3) is 17.1 Å². The molecule has 1 aliphatic carbocycles. The number of carbonyl (C=O) groups is 1. The molecule has 0 saturated heterocycles. The van der Waals surface area contributed by atoms with Gasteiger partial charge < -0.3 is 15.4 Å². The van der Waals surface area contributed by atoms with Crippen LogP contribution in [0.3, 0.4) is 0 Å². The van der Waals surface area contributed by atoms with E-state index in [-0.39, 0.29) is 11.9 Å². The highest BCUT2D eigenvalue weighted by Crippen LogP contribution is 2.21. The summed E-state index contributed by atoms with van der Waals surface area (Å²) in [7, 11) is 0. The van der Waals surface area contributed by atoms with E-state index >= 15 is 0 Å². The van der Waals surface area contributed by atoms with Crippen molar-refractivity contribution in [2.45, 2.75) is 37.8 Å². The van der Waals surface area contributed by atoms with Gasteiger partial charge in [-0.15, -0.1) is 0 Å². The van der Waals surface area contributed by atoms with Crippen LogP contribution < -0.4 is 10.6 Å². The number of aliphatic imine (C=N–C) groups is 1. The van der Waals surface area contributed by atoms with Gasteiger partial charge >= 0.3 is 0 Å². The summed E-state index contributed by atoms with van der Waals surface area (Å²) in [6, 6.07) is 3.74. The van der Waals surface area contributed by atoms with Crippen LogP contribution in [0.2, 0.25) is 0 Å². The van der Waals surface area contributed by atoms with E-state index in [1.807, 2.05) is 18.3 Å². The molecule has 1 unspecified atom stereocenters. The first kappa shape index (κ1) is 14.9. The van der Waals surface area contributed by atoms with E-state index in [1.54, 1.807) is 12.3 Å². The van der Waals surface area contributed by atoms with Crippen molar-refractivity contribution in [1.29, 1.82) is 0 Å². The van der Waals surface area contributed by atoms with Crippen molar-refractivity contribution < 1.29 is 9.90 Å². The van der Waals surface area contributed by atoms with Gasteiger partial charge in [0.15, 0.2) is 0 Å². The second-order valence-corrected chi connectivity index (χ2v) is 6.19. The molecule has 24 heavy (non-hydrogen) atoms. The highest BCUT2D eigenvalue weighted by atomic mass is 16.3. The third-order valence-electron chi connectivity index (χ3n) is 4.52. The Kier molecular flexibility index (Phi) is 3.78. The normalized spacial score (nSPS) is 25.8. The summed E-state index contributed by atoms with van der Waals surface area (Å²) >= 11 is 0. The zero-order valence-corrected chi connectivity index (χ0v) is 13.1. The SMILES string of the molecule is O=C1NC(NC2CCCC[C@@H]2O)=N/C1=C\c1c[nH]c2ncccc12. The molecule has 0 radical (unpaired) electrons. The highest BCUT2D eigenvalue weighted by Gasteiger charge is 2.27. The number of hydrogen-bond donors (Lipinski definition) is 4. The molecular formula is C17H19N5O2. The minimum absolute atomic E-state index is 0.0607. The summed E-state index contributed by atoms with van der Waals surface area (Å²) in [5.74, 6) is 0.163. The Morgan fingerprint density at radius 3 is 3.08 bits per heavy atom. The molecule has 2 aromatic heterocycles. The summed E-state index contributed by atoms with van der Waals surface area (Å²) < 4.78 is 0. The Morgan fingerprint density at radius 2 is 2.21 bits per heavy atom. The molecule has 3 heterocycles. The average molecular weight is 325 g/mol. The molecule has 1 amide bonds. The molecule has 2 atom stereocenters. The summed E-state index contributed by atoms with van der Waals surface area (Å²) in [5.41, 5.74) is 1.98. The number of fused-ring (bicyclic) bond motifs is 1. The molecule has 4 rings (SSSR count). The van der Waals surface area contributed by atoms with Gasteiger partial charge in [-0.25, -0.2) is 9.98 Å². The van der Waals surface area contributed by atoms with Gasteiger partial charge in [-0.1, -0.05) is 12.8 Å². The van der Waals surface area contributed by atoms with E-state index in [1.165, 1.54) is 0 Å². The summed E-state index contributed by atoms with van der Waals surface area (Å²) in [4.78, 5) is 23.8. The topological polar surface area (TPSA) is 102 Å². The van der Waals surface area contributed by atoms with Crippen LogP contribution in [-0.2, 0) is 4.79 Å². The summed E-state index contributed by atoms with van der Waals surface area (Å²) in [5, 5.41) is 16.9. The first-order valence-electron chi connectivity index (χ1n) is 8.19. The molecule has 1 aliphatic heterocycles. The summed E-state index contributed by atoms with van der Waals surface area (Å²) in [6.07, 6.45) is 8.64. The van der Waals surface area contributed by atoms with Crippen molar-refractivity contribution in [1.82, 2.24) is 20.6 Å². The number of hydrogen-bond acceptors (Lipinski definition) is 5. The van der Waals surface area contributed by atoms with E-state index in [0.717, 1.165) is 42.3 Å². The molecule has 1 fully saturated rings. The summed E-state index contributed by atoms with van der Waals surface area (Å²) in [6.45, 7) is 0. The number of rotatable bonds is 2. The van der Waals surface area contributed by atoms with Gasteiger partial charge in [0.05, 0.1) is 12.1 Å². The van der Waals surface area contributed by atoms with Crippen molar-refractivity contribution in [2.24, 2.45) is 4.99 Å². The van der Waals surface area contributed by atoms with Crippen LogP contribution in [0.4, 0.5) is 0 Å². The molecular weight excluding hydrogens is 306 g/mol. The largest absolute Gasteiger partial charge is 0.391 e. The van der Waals surface area contributed by atoms with Gasteiger partial charge in [-0.2, -0.15) is 0 Å². The van der Waals surface area contributed by atoms with Crippen molar-refractivity contribution in [3.63, 3.8) is 0 Å². The first-order chi connectivity index (χ1) is 11.7. The zero-order valence-electron chi connectivity index (χ0n) is 13.1. The molecule has 0 spiro atoms. The van der Waals surface area contributed by atoms with Crippen molar-refractivity contribution >= 4 is 29.0 Å². The van der Waals surface area contributed by atoms with E-state index in [2.05, 4.69) is 25.6 Å². The number of aliphatic hydroxyl groups excluding tert-OH is 1. The van der Waals surface area contributed by atoms with Crippen LogP contribution in [0.1, 0.15) is 31.2 Å². The predicted molar refractivity (Wildman–Crippen MR) is 91.0 cm³/mol. The number of pyridine rings is 1. The minimum atomic E-state index is -0.397. The number of nitrogens with one attached hydrogen (secondary N) is 3. The Balaban J connectivity index is 1.57. The van der Waals surface area contributed by atoms with Crippen molar-refractivity contribution in [3.8, 4) is 0 Å². The Labute approximate surface area is 138 Å². The van der Waals surface area contributed by atoms with Crippen LogP contribution in [0.5, 0.6) is 0 Å². The second kappa shape index (κ2) is 6.09. The molecule has 2 aromatic rings.